The van der Waals surface area contributed by atoms with Crippen LogP contribution >= 0.6 is 0 Å². The van der Waals surface area contributed by atoms with Gasteiger partial charge in [0, 0.05) is 25.5 Å². The Kier molecular flexibility index (Phi) is 6.69. The van der Waals surface area contributed by atoms with Gasteiger partial charge in [-0.25, -0.2) is 4.98 Å². The average Bonchev–Trinajstić information content (AvgIpc) is 3.45. The van der Waals surface area contributed by atoms with Crippen LogP contribution in [0.25, 0.3) is 6.08 Å². The Bertz CT molecular complexity index is 1170. The number of aliphatic hydroxyl groups is 1. The van der Waals surface area contributed by atoms with Crippen molar-refractivity contribution in [2.24, 2.45) is 0 Å². The number of hydrogen-bond acceptors (Lipinski definition) is 5. The van der Waals surface area contributed by atoms with E-state index in [1.807, 2.05) is 53.2 Å². The molecule has 1 unspecified atom stereocenters. The number of aliphatic hydroxyl groups excluding tert-OH is 1. The highest BCUT2D eigenvalue weighted by Crippen LogP contribution is 2.38. The number of aryl methyl sites for hydroxylation is 1. The summed E-state index contributed by atoms with van der Waals surface area (Å²) >= 11 is 0. The molecule has 0 fully saturated rings. The quantitative estimate of drug-likeness (QED) is 0.506. The first-order chi connectivity index (χ1) is 16.1. The van der Waals surface area contributed by atoms with Crippen LogP contribution in [0.4, 0.5) is 0 Å². The van der Waals surface area contributed by atoms with E-state index in [2.05, 4.69) is 4.98 Å². The monoisotopic (exact) mass is 443 g/mol. The van der Waals surface area contributed by atoms with Gasteiger partial charge in [-0.3, -0.25) is 9.59 Å². The van der Waals surface area contributed by atoms with Crippen molar-refractivity contribution < 1.29 is 19.4 Å². The van der Waals surface area contributed by atoms with Crippen molar-refractivity contribution in [2.45, 2.75) is 19.0 Å². The van der Waals surface area contributed by atoms with Crippen LogP contribution in [0.2, 0.25) is 0 Å². The molecule has 0 radical (unpaired) electrons. The maximum Gasteiger partial charge on any atom is 0.290 e. The number of carbonyl (C=O) groups is 2. The number of ketones is 1. The van der Waals surface area contributed by atoms with Crippen molar-refractivity contribution in [1.82, 2.24) is 14.5 Å². The zero-order valence-corrected chi connectivity index (χ0v) is 18.3. The fourth-order valence-corrected chi connectivity index (χ4v) is 3.94. The molecular weight excluding hydrogens is 418 g/mol. The van der Waals surface area contributed by atoms with Gasteiger partial charge in [0.05, 0.1) is 25.1 Å². The summed E-state index contributed by atoms with van der Waals surface area (Å²) in [6, 6.07) is 15.9. The van der Waals surface area contributed by atoms with Crippen molar-refractivity contribution in [3.63, 3.8) is 0 Å². The minimum absolute atomic E-state index is 0.0833. The third-order valence-electron chi connectivity index (χ3n) is 5.60. The maximum atomic E-state index is 13.2. The number of imidazole rings is 1. The summed E-state index contributed by atoms with van der Waals surface area (Å²) in [5.74, 6) is -0.776. The molecule has 3 aromatic rings. The predicted octanol–water partition coefficient (Wildman–Crippen LogP) is 3.96. The average molecular weight is 444 g/mol. The standard InChI is InChI=1S/C26H25N3O4/c1-33-21-11-9-20(10-12-21)24-23(22(30)13-8-19-6-3-2-4-7-19)25(31)26(32)29(24)16-5-15-28-17-14-27-18-28/h2-4,6-14,17-18,24,31H,5,15-16H2,1H3/b13-8+. The van der Waals surface area contributed by atoms with Gasteiger partial charge in [-0.05, 0) is 35.8 Å². The van der Waals surface area contributed by atoms with Gasteiger partial charge in [-0.15, -0.1) is 0 Å². The summed E-state index contributed by atoms with van der Waals surface area (Å²) in [6.07, 6.45) is 8.99. The first kappa shape index (κ1) is 22.1. The highest BCUT2D eigenvalue weighted by Gasteiger charge is 2.42. The molecular formula is C26H25N3O4. The number of ether oxygens (including phenoxy) is 1. The molecule has 1 aliphatic heterocycles. The van der Waals surface area contributed by atoms with Crippen LogP contribution in [-0.2, 0) is 16.1 Å². The third kappa shape index (κ3) is 4.87. The first-order valence-corrected chi connectivity index (χ1v) is 10.7. The lowest BCUT2D eigenvalue weighted by Gasteiger charge is -2.26. The molecule has 7 nitrogen and oxygen atoms in total. The van der Waals surface area contributed by atoms with E-state index >= 15 is 0 Å². The van der Waals surface area contributed by atoms with Gasteiger partial charge < -0.3 is 19.3 Å². The summed E-state index contributed by atoms with van der Waals surface area (Å²) in [5.41, 5.74) is 1.67. The Morgan fingerprint density at radius 2 is 1.88 bits per heavy atom. The van der Waals surface area contributed by atoms with Crippen molar-refractivity contribution in [2.75, 3.05) is 13.7 Å². The molecule has 0 saturated heterocycles. The molecule has 4 rings (SSSR count). The molecule has 168 valence electrons. The summed E-state index contributed by atoms with van der Waals surface area (Å²) in [4.78, 5) is 31.7. The summed E-state index contributed by atoms with van der Waals surface area (Å²) in [7, 11) is 1.57. The Hall–Kier alpha value is -4.13. The number of carbonyl (C=O) groups excluding carboxylic acids is 2. The fraction of sp³-hybridized carbons (Fsp3) is 0.192. The molecule has 0 aliphatic carbocycles. The number of benzene rings is 2. The topological polar surface area (TPSA) is 84.7 Å². The molecule has 0 spiro atoms. The highest BCUT2D eigenvalue weighted by molar-refractivity contribution is 6.14. The lowest BCUT2D eigenvalue weighted by atomic mass is 9.95. The molecule has 1 amide bonds. The third-order valence-corrected chi connectivity index (χ3v) is 5.60. The normalized spacial score (nSPS) is 16.1. The van der Waals surface area contributed by atoms with Crippen LogP contribution in [-0.4, -0.2) is 44.9 Å². The second-order valence-corrected chi connectivity index (χ2v) is 7.70. The largest absolute Gasteiger partial charge is 0.503 e. The van der Waals surface area contributed by atoms with Gasteiger partial charge in [0.2, 0.25) is 0 Å². The molecule has 1 N–H and O–H groups in total. The Balaban J connectivity index is 1.62. The first-order valence-electron chi connectivity index (χ1n) is 10.7. The minimum Gasteiger partial charge on any atom is -0.503 e. The van der Waals surface area contributed by atoms with Crippen molar-refractivity contribution in [1.29, 1.82) is 0 Å². The second-order valence-electron chi connectivity index (χ2n) is 7.70. The number of aromatic nitrogens is 2. The van der Waals surface area contributed by atoms with Crippen LogP contribution in [0.3, 0.4) is 0 Å². The van der Waals surface area contributed by atoms with E-state index in [-0.39, 0.29) is 5.57 Å². The number of hydrogen-bond donors (Lipinski definition) is 1. The van der Waals surface area contributed by atoms with Crippen LogP contribution in [0, 0.1) is 0 Å². The van der Waals surface area contributed by atoms with Crippen LogP contribution in [0.1, 0.15) is 23.6 Å². The van der Waals surface area contributed by atoms with E-state index in [0.29, 0.717) is 25.3 Å². The predicted molar refractivity (Wildman–Crippen MR) is 124 cm³/mol. The molecule has 1 aliphatic rings. The fourth-order valence-electron chi connectivity index (χ4n) is 3.94. The van der Waals surface area contributed by atoms with Crippen molar-refractivity contribution >= 4 is 17.8 Å². The van der Waals surface area contributed by atoms with Gasteiger partial charge in [-0.1, -0.05) is 48.5 Å². The van der Waals surface area contributed by atoms with Crippen LogP contribution in [0.5, 0.6) is 5.75 Å². The molecule has 0 saturated carbocycles. The van der Waals surface area contributed by atoms with E-state index in [0.717, 1.165) is 11.1 Å². The smallest absolute Gasteiger partial charge is 0.290 e. The van der Waals surface area contributed by atoms with Gasteiger partial charge in [0.25, 0.3) is 5.91 Å². The number of allylic oxidation sites excluding steroid dienone is 1. The lowest BCUT2D eigenvalue weighted by molar-refractivity contribution is -0.129. The molecule has 1 atom stereocenters. The SMILES string of the molecule is COc1ccc(C2C(C(=O)/C=C/c3ccccc3)=C(O)C(=O)N2CCCn2ccnc2)cc1. The number of rotatable bonds is 9. The van der Waals surface area contributed by atoms with Crippen molar-refractivity contribution in [3.8, 4) is 5.75 Å². The molecule has 2 heterocycles. The van der Waals surface area contributed by atoms with E-state index in [4.69, 9.17) is 4.74 Å². The van der Waals surface area contributed by atoms with Crippen LogP contribution in [0.15, 0.2) is 90.7 Å². The van der Waals surface area contributed by atoms with E-state index in [1.54, 1.807) is 42.7 Å². The molecule has 2 aromatic carbocycles. The van der Waals surface area contributed by atoms with E-state index in [1.165, 1.54) is 6.08 Å². The van der Waals surface area contributed by atoms with Gasteiger partial charge in [-0.2, -0.15) is 0 Å². The Morgan fingerprint density at radius 1 is 1.12 bits per heavy atom. The number of methoxy groups -OCH3 is 1. The number of nitrogens with zero attached hydrogens (tertiary/aromatic N) is 3. The van der Waals surface area contributed by atoms with Gasteiger partial charge in [0.15, 0.2) is 11.5 Å². The zero-order valence-electron chi connectivity index (χ0n) is 18.3. The summed E-state index contributed by atoms with van der Waals surface area (Å²) in [6.45, 7) is 1.04. The van der Waals surface area contributed by atoms with Gasteiger partial charge in [0.1, 0.15) is 5.75 Å². The van der Waals surface area contributed by atoms with E-state index in [9.17, 15) is 14.7 Å². The van der Waals surface area contributed by atoms with Crippen LogP contribution < -0.4 is 4.74 Å². The van der Waals surface area contributed by atoms with E-state index < -0.39 is 23.5 Å². The minimum atomic E-state index is -0.681. The molecule has 7 heteroatoms. The lowest BCUT2D eigenvalue weighted by Crippen LogP contribution is -2.32. The zero-order chi connectivity index (χ0) is 23.2. The molecule has 0 bridgehead atoms. The summed E-state index contributed by atoms with van der Waals surface area (Å²) in [5, 5.41) is 10.7. The highest BCUT2D eigenvalue weighted by atomic mass is 16.5. The molecule has 33 heavy (non-hydrogen) atoms. The summed E-state index contributed by atoms with van der Waals surface area (Å²) < 4.78 is 7.16. The molecule has 1 aromatic heterocycles. The number of amides is 1. The Labute approximate surface area is 192 Å². The Morgan fingerprint density at radius 3 is 2.55 bits per heavy atom. The van der Waals surface area contributed by atoms with Gasteiger partial charge >= 0.3 is 0 Å². The van der Waals surface area contributed by atoms with Crippen molar-refractivity contribution in [3.05, 3.63) is 102 Å². The second kappa shape index (κ2) is 9.99. The maximum absolute atomic E-state index is 13.2.